The molecule has 1 N–H and O–H groups in total. The normalized spacial score (nSPS) is 10.5. The summed E-state index contributed by atoms with van der Waals surface area (Å²) >= 11 is 3.48. The summed E-state index contributed by atoms with van der Waals surface area (Å²) in [6.45, 7) is 4.82. The molecule has 0 unspecified atom stereocenters. The summed E-state index contributed by atoms with van der Waals surface area (Å²) < 4.78 is 2.61. The van der Waals surface area contributed by atoms with E-state index in [2.05, 4.69) is 41.2 Å². The third kappa shape index (κ3) is 3.58. The van der Waals surface area contributed by atoms with Crippen molar-refractivity contribution in [2.24, 2.45) is 5.92 Å². The number of nitrogens with one attached hydrogen (secondary N) is 1. The first-order chi connectivity index (χ1) is 10.5. The zero-order valence-corrected chi connectivity index (χ0v) is 14.2. The van der Waals surface area contributed by atoms with Crippen molar-refractivity contribution in [1.82, 2.24) is 9.88 Å². The predicted molar refractivity (Wildman–Crippen MR) is 90.0 cm³/mol. The molecule has 0 aliphatic heterocycles. The highest BCUT2D eigenvalue weighted by molar-refractivity contribution is 9.10. The Bertz CT molecular complexity index is 713. The minimum absolute atomic E-state index is 0.224. The summed E-state index contributed by atoms with van der Waals surface area (Å²) in [5.74, 6) is 0.295. The van der Waals surface area contributed by atoms with Gasteiger partial charge >= 0.3 is 0 Å². The van der Waals surface area contributed by atoms with Crippen molar-refractivity contribution in [1.29, 1.82) is 5.26 Å². The summed E-state index contributed by atoms with van der Waals surface area (Å²) in [4.78, 5) is 12.5. The quantitative estimate of drug-likeness (QED) is 0.880. The summed E-state index contributed by atoms with van der Waals surface area (Å²) in [6.07, 6.45) is 2.65. The fraction of sp³-hybridized carbons (Fsp3) is 0.294. The summed E-state index contributed by atoms with van der Waals surface area (Å²) in [5, 5.41) is 12.2. The van der Waals surface area contributed by atoms with Crippen LogP contribution < -0.4 is 5.32 Å². The summed E-state index contributed by atoms with van der Waals surface area (Å²) in [5.41, 5.74) is 1.58. The summed E-state index contributed by atoms with van der Waals surface area (Å²) in [7, 11) is 0. The van der Waals surface area contributed by atoms with Crippen LogP contribution in [0.1, 0.15) is 36.3 Å². The van der Waals surface area contributed by atoms with Gasteiger partial charge in [0, 0.05) is 17.2 Å². The Morgan fingerprint density at radius 1 is 1.36 bits per heavy atom. The van der Waals surface area contributed by atoms with Crippen molar-refractivity contribution >= 4 is 21.8 Å². The minimum Gasteiger partial charge on any atom is -0.351 e. The molecule has 22 heavy (non-hydrogen) atoms. The van der Waals surface area contributed by atoms with Gasteiger partial charge in [0.1, 0.15) is 11.8 Å². The lowest BCUT2D eigenvalue weighted by atomic mass is 10.1. The molecule has 1 heterocycles. The average molecular weight is 360 g/mol. The second-order valence-corrected chi connectivity index (χ2v) is 6.30. The molecule has 0 atom stereocenters. The second-order valence-electron chi connectivity index (χ2n) is 5.45. The first-order valence-electron chi connectivity index (χ1n) is 7.19. The molecule has 0 aliphatic rings. The third-order valence-electron chi connectivity index (χ3n) is 3.34. The molecule has 1 aromatic heterocycles. The Morgan fingerprint density at radius 3 is 2.73 bits per heavy atom. The highest BCUT2D eigenvalue weighted by Gasteiger charge is 2.19. The molecule has 0 aliphatic carbocycles. The van der Waals surface area contributed by atoms with E-state index in [1.807, 2.05) is 24.3 Å². The molecule has 0 fully saturated rings. The summed E-state index contributed by atoms with van der Waals surface area (Å²) in [6, 6.07) is 11.4. The van der Waals surface area contributed by atoms with E-state index in [1.54, 1.807) is 16.8 Å². The smallest absolute Gasteiger partial charge is 0.269 e. The van der Waals surface area contributed by atoms with E-state index in [0.29, 0.717) is 23.7 Å². The number of rotatable bonds is 5. The van der Waals surface area contributed by atoms with E-state index < -0.39 is 0 Å². The number of halogens is 1. The predicted octanol–water partition coefficient (Wildman–Crippen LogP) is 3.89. The standard InChI is InChI=1S/C17H18BrN3O/c1-12(2)7-9-20-17(22)16-13(11-19)8-10-21(16)15-6-4-3-5-14(15)18/h3-6,8,10,12H,7,9H2,1-2H3,(H,20,22). The van der Waals surface area contributed by atoms with E-state index >= 15 is 0 Å². The number of hydrogen-bond acceptors (Lipinski definition) is 2. The molecule has 2 rings (SSSR count). The van der Waals surface area contributed by atoms with E-state index in [4.69, 9.17) is 0 Å². The Balaban J connectivity index is 2.34. The maximum absolute atomic E-state index is 12.5. The Labute approximate surface area is 138 Å². The number of para-hydroxylation sites is 1. The molecule has 0 saturated carbocycles. The van der Waals surface area contributed by atoms with Crippen LogP contribution in [0.5, 0.6) is 0 Å². The lowest BCUT2D eigenvalue weighted by molar-refractivity contribution is 0.0945. The van der Waals surface area contributed by atoms with Gasteiger partial charge in [-0.2, -0.15) is 5.26 Å². The fourth-order valence-electron chi connectivity index (χ4n) is 2.16. The van der Waals surface area contributed by atoms with Crippen LogP contribution in [0.15, 0.2) is 41.0 Å². The van der Waals surface area contributed by atoms with Crippen LogP contribution in [-0.2, 0) is 0 Å². The SMILES string of the molecule is CC(C)CCNC(=O)c1c(C#N)ccn1-c1ccccc1Br. The third-order valence-corrected chi connectivity index (χ3v) is 4.01. The first kappa shape index (κ1) is 16.3. The number of hydrogen-bond donors (Lipinski definition) is 1. The van der Waals surface area contributed by atoms with E-state index in [1.165, 1.54) is 0 Å². The Hall–Kier alpha value is -2.06. The molecule has 1 aromatic carbocycles. The van der Waals surface area contributed by atoms with Crippen molar-refractivity contribution in [3.8, 4) is 11.8 Å². The van der Waals surface area contributed by atoms with Crippen molar-refractivity contribution in [2.45, 2.75) is 20.3 Å². The van der Waals surface area contributed by atoms with Crippen LogP contribution in [0, 0.1) is 17.2 Å². The molecule has 0 saturated heterocycles. The molecule has 1 amide bonds. The van der Waals surface area contributed by atoms with Crippen molar-refractivity contribution < 1.29 is 4.79 Å². The van der Waals surface area contributed by atoms with Crippen LogP contribution in [-0.4, -0.2) is 17.0 Å². The minimum atomic E-state index is -0.224. The largest absolute Gasteiger partial charge is 0.351 e. The number of amides is 1. The van der Waals surface area contributed by atoms with E-state index in [-0.39, 0.29) is 5.91 Å². The number of nitriles is 1. The van der Waals surface area contributed by atoms with Crippen LogP contribution >= 0.6 is 15.9 Å². The van der Waals surface area contributed by atoms with Crippen LogP contribution in [0.3, 0.4) is 0 Å². The second kappa shape index (κ2) is 7.28. The molecule has 0 spiro atoms. The number of nitrogens with zero attached hydrogens (tertiary/aromatic N) is 2. The number of aromatic nitrogens is 1. The van der Waals surface area contributed by atoms with Gasteiger partial charge in [-0.25, -0.2) is 0 Å². The van der Waals surface area contributed by atoms with E-state index in [9.17, 15) is 10.1 Å². The number of carbonyl (C=O) groups excluding carboxylic acids is 1. The monoisotopic (exact) mass is 359 g/mol. The molecule has 4 nitrogen and oxygen atoms in total. The number of carbonyl (C=O) groups is 1. The fourth-order valence-corrected chi connectivity index (χ4v) is 2.64. The lowest BCUT2D eigenvalue weighted by Crippen LogP contribution is -2.28. The molecule has 114 valence electrons. The van der Waals surface area contributed by atoms with Gasteiger partial charge < -0.3 is 9.88 Å². The molecular formula is C17H18BrN3O. The van der Waals surface area contributed by atoms with Gasteiger partial charge in [0.05, 0.1) is 11.3 Å². The Kier molecular flexibility index (Phi) is 5.40. The van der Waals surface area contributed by atoms with Gasteiger partial charge in [0.25, 0.3) is 5.91 Å². The molecule has 0 bridgehead atoms. The van der Waals surface area contributed by atoms with Gasteiger partial charge in [-0.05, 0) is 46.5 Å². The average Bonchev–Trinajstić information content (AvgIpc) is 2.91. The van der Waals surface area contributed by atoms with Gasteiger partial charge in [-0.15, -0.1) is 0 Å². The van der Waals surface area contributed by atoms with Crippen LogP contribution in [0.25, 0.3) is 5.69 Å². The van der Waals surface area contributed by atoms with Crippen molar-refractivity contribution in [2.75, 3.05) is 6.54 Å². The van der Waals surface area contributed by atoms with Crippen molar-refractivity contribution in [3.05, 3.63) is 52.3 Å². The van der Waals surface area contributed by atoms with Crippen molar-refractivity contribution in [3.63, 3.8) is 0 Å². The maximum atomic E-state index is 12.5. The first-order valence-corrected chi connectivity index (χ1v) is 7.98. The number of benzene rings is 1. The highest BCUT2D eigenvalue weighted by Crippen LogP contribution is 2.24. The van der Waals surface area contributed by atoms with E-state index in [0.717, 1.165) is 16.6 Å². The highest BCUT2D eigenvalue weighted by atomic mass is 79.9. The molecule has 0 radical (unpaired) electrons. The zero-order valence-electron chi connectivity index (χ0n) is 12.6. The van der Waals surface area contributed by atoms with Crippen LogP contribution in [0.2, 0.25) is 0 Å². The van der Waals surface area contributed by atoms with Gasteiger partial charge in [-0.1, -0.05) is 26.0 Å². The maximum Gasteiger partial charge on any atom is 0.269 e. The van der Waals surface area contributed by atoms with Gasteiger partial charge in [0.15, 0.2) is 0 Å². The topological polar surface area (TPSA) is 57.8 Å². The zero-order chi connectivity index (χ0) is 16.1. The molecule has 5 heteroatoms. The molecular weight excluding hydrogens is 342 g/mol. The van der Waals surface area contributed by atoms with Crippen LogP contribution in [0.4, 0.5) is 0 Å². The van der Waals surface area contributed by atoms with Gasteiger partial charge in [0.2, 0.25) is 0 Å². The molecule has 2 aromatic rings. The van der Waals surface area contributed by atoms with Gasteiger partial charge in [-0.3, -0.25) is 4.79 Å². The lowest BCUT2D eigenvalue weighted by Gasteiger charge is -2.12. The Morgan fingerprint density at radius 2 is 2.09 bits per heavy atom.